The van der Waals surface area contributed by atoms with Gasteiger partial charge in [0.15, 0.2) is 6.10 Å². The van der Waals surface area contributed by atoms with Crippen molar-refractivity contribution in [2.45, 2.75) is 20.0 Å². The fourth-order valence-electron chi connectivity index (χ4n) is 2.21. The number of rotatable bonds is 6. The van der Waals surface area contributed by atoms with E-state index >= 15 is 0 Å². The maximum atomic E-state index is 12.3. The van der Waals surface area contributed by atoms with Crippen molar-refractivity contribution in [1.82, 2.24) is 0 Å². The molecule has 0 aliphatic heterocycles. The molecule has 0 saturated carbocycles. The van der Waals surface area contributed by atoms with Gasteiger partial charge >= 0.3 is 5.97 Å². The minimum Gasteiger partial charge on any atom is -0.494 e. The van der Waals surface area contributed by atoms with Crippen LogP contribution in [0.15, 0.2) is 42.5 Å². The molecule has 0 saturated heterocycles. The number of non-ortho nitro benzene ring substituents is 1. The summed E-state index contributed by atoms with van der Waals surface area (Å²) < 4.78 is 10.2. The van der Waals surface area contributed by atoms with Gasteiger partial charge in [-0.15, -0.1) is 0 Å². The maximum Gasteiger partial charge on any atom is 0.339 e. The van der Waals surface area contributed by atoms with E-state index < -0.39 is 22.9 Å². The minimum atomic E-state index is -1.07. The van der Waals surface area contributed by atoms with E-state index in [0.717, 1.165) is 5.56 Å². The van der Waals surface area contributed by atoms with Gasteiger partial charge in [-0.1, -0.05) is 18.2 Å². The summed E-state index contributed by atoms with van der Waals surface area (Å²) in [5.41, 5.74) is 1.18. The van der Waals surface area contributed by atoms with E-state index in [-0.39, 0.29) is 17.1 Å². The number of nitrogens with zero attached hydrogens (tertiary/aromatic N) is 1. The number of anilines is 1. The fraction of sp³-hybridized carbons (Fsp3) is 0.222. The standard InChI is InChI=1S/C18H18N2O6/c1-11-6-4-5-7-14(11)18(22)26-12(2)17(21)19-15-9-8-13(20(23)24)10-16(15)25-3/h4-10,12H,1-3H3,(H,19,21)/t12-/m1/s1. The van der Waals surface area contributed by atoms with Crippen LogP contribution in [0.1, 0.15) is 22.8 Å². The second-order valence-corrected chi connectivity index (χ2v) is 5.49. The molecule has 0 heterocycles. The van der Waals surface area contributed by atoms with E-state index in [1.165, 1.54) is 32.2 Å². The average molecular weight is 358 g/mol. The van der Waals surface area contributed by atoms with Crippen LogP contribution in [0.3, 0.4) is 0 Å². The molecular formula is C18H18N2O6. The van der Waals surface area contributed by atoms with Crippen LogP contribution in [0.4, 0.5) is 11.4 Å². The van der Waals surface area contributed by atoms with Gasteiger partial charge in [0.25, 0.3) is 11.6 Å². The van der Waals surface area contributed by atoms with Gasteiger partial charge in [-0.3, -0.25) is 14.9 Å². The lowest BCUT2D eigenvalue weighted by atomic mass is 10.1. The van der Waals surface area contributed by atoms with E-state index in [2.05, 4.69) is 5.32 Å². The van der Waals surface area contributed by atoms with Crippen molar-refractivity contribution < 1.29 is 24.0 Å². The Kier molecular flexibility index (Phi) is 5.90. The van der Waals surface area contributed by atoms with Gasteiger partial charge in [0.05, 0.1) is 29.4 Å². The van der Waals surface area contributed by atoms with Crippen LogP contribution in [-0.2, 0) is 9.53 Å². The molecule has 1 N–H and O–H groups in total. The second-order valence-electron chi connectivity index (χ2n) is 5.49. The van der Waals surface area contributed by atoms with Crippen molar-refractivity contribution in [2.24, 2.45) is 0 Å². The second kappa shape index (κ2) is 8.11. The van der Waals surface area contributed by atoms with Gasteiger partial charge in [-0.05, 0) is 31.5 Å². The van der Waals surface area contributed by atoms with Crippen molar-refractivity contribution in [3.05, 3.63) is 63.7 Å². The zero-order valence-electron chi connectivity index (χ0n) is 14.5. The SMILES string of the molecule is COc1cc([N+](=O)[O-])ccc1NC(=O)[C@@H](C)OC(=O)c1ccccc1C. The Balaban J connectivity index is 2.08. The normalized spacial score (nSPS) is 11.3. The summed E-state index contributed by atoms with van der Waals surface area (Å²) in [6.45, 7) is 3.20. The zero-order chi connectivity index (χ0) is 19.3. The molecule has 0 fully saturated rings. The third-order valence-electron chi connectivity index (χ3n) is 3.67. The van der Waals surface area contributed by atoms with Crippen LogP contribution in [0.2, 0.25) is 0 Å². The molecule has 26 heavy (non-hydrogen) atoms. The number of carbonyl (C=O) groups is 2. The predicted octanol–water partition coefficient (Wildman–Crippen LogP) is 3.10. The highest BCUT2D eigenvalue weighted by molar-refractivity contribution is 5.98. The summed E-state index contributed by atoms with van der Waals surface area (Å²) in [7, 11) is 1.33. The highest BCUT2D eigenvalue weighted by Gasteiger charge is 2.21. The number of nitro groups is 1. The van der Waals surface area contributed by atoms with Crippen molar-refractivity contribution >= 4 is 23.3 Å². The third-order valence-corrected chi connectivity index (χ3v) is 3.67. The van der Waals surface area contributed by atoms with Gasteiger partial charge in [0.1, 0.15) is 5.75 Å². The monoisotopic (exact) mass is 358 g/mol. The summed E-state index contributed by atoms with van der Waals surface area (Å²) in [5.74, 6) is -1.06. The van der Waals surface area contributed by atoms with E-state index in [1.54, 1.807) is 31.2 Å². The molecule has 1 atom stereocenters. The molecule has 8 heteroatoms. The topological polar surface area (TPSA) is 108 Å². The van der Waals surface area contributed by atoms with Crippen LogP contribution in [0, 0.1) is 17.0 Å². The number of nitro benzene ring substituents is 1. The molecule has 2 rings (SSSR count). The molecule has 136 valence electrons. The van der Waals surface area contributed by atoms with Crippen LogP contribution in [0.25, 0.3) is 0 Å². The molecule has 2 aromatic rings. The third kappa shape index (κ3) is 4.35. The van der Waals surface area contributed by atoms with Crippen molar-refractivity contribution in [1.29, 1.82) is 0 Å². The Morgan fingerprint density at radius 3 is 2.50 bits per heavy atom. The fourth-order valence-corrected chi connectivity index (χ4v) is 2.21. The number of nitrogens with one attached hydrogen (secondary N) is 1. The quantitative estimate of drug-likeness (QED) is 0.483. The number of esters is 1. The van der Waals surface area contributed by atoms with Crippen LogP contribution >= 0.6 is 0 Å². The Morgan fingerprint density at radius 1 is 1.19 bits per heavy atom. The first-order chi connectivity index (χ1) is 12.3. The number of hydrogen-bond acceptors (Lipinski definition) is 6. The van der Waals surface area contributed by atoms with E-state index in [9.17, 15) is 19.7 Å². The summed E-state index contributed by atoms with van der Waals surface area (Å²) >= 11 is 0. The van der Waals surface area contributed by atoms with Gasteiger partial charge in [-0.2, -0.15) is 0 Å². The van der Waals surface area contributed by atoms with Crippen LogP contribution in [-0.4, -0.2) is 30.0 Å². The first kappa shape index (κ1) is 18.9. The summed E-state index contributed by atoms with van der Waals surface area (Å²) in [4.78, 5) is 34.7. The molecule has 0 bridgehead atoms. The van der Waals surface area contributed by atoms with Crippen molar-refractivity contribution in [3.63, 3.8) is 0 Å². The van der Waals surface area contributed by atoms with Crippen LogP contribution in [0.5, 0.6) is 5.75 Å². The number of carbonyl (C=O) groups excluding carboxylic acids is 2. The van der Waals surface area contributed by atoms with E-state index in [1.807, 2.05) is 0 Å². The minimum absolute atomic E-state index is 0.130. The highest BCUT2D eigenvalue weighted by atomic mass is 16.6. The van der Waals surface area contributed by atoms with E-state index in [0.29, 0.717) is 5.56 Å². The molecule has 0 aromatic heterocycles. The number of benzene rings is 2. The largest absolute Gasteiger partial charge is 0.494 e. The number of ether oxygens (including phenoxy) is 2. The van der Waals surface area contributed by atoms with Gasteiger partial charge < -0.3 is 14.8 Å². The zero-order valence-corrected chi connectivity index (χ0v) is 14.5. The van der Waals surface area contributed by atoms with Gasteiger partial charge in [0, 0.05) is 6.07 Å². The molecule has 0 aliphatic rings. The molecule has 0 radical (unpaired) electrons. The van der Waals surface area contributed by atoms with Crippen LogP contribution < -0.4 is 10.1 Å². The lowest BCUT2D eigenvalue weighted by Crippen LogP contribution is -2.30. The Bertz CT molecular complexity index is 849. The summed E-state index contributed by atoms with van der Waals surface area (Å²) in [6, 6.07) is 10.7. The summed E-state index contributed by atoms with van der Waals surface area (Å²) in [5, 5.41) is 13.3. The molecule has 0 aliphatic carbocycles. The number of methoxy groups -OCH3 is 1. The average Bonchev–Trinajstić information content (AvgIpc) is 2.61. The molecule has 0 spiro atoms. The van der Waals surface area contributed by atoms with Crippen molar-refractivity contribution in [3.8, 4) is 5.75 Å². The molecule has 2 aromatic carbocycles. The molecule has 1 amide bonds. The number of hydrogen-bond donors (Lipinski definition) is 1. The molecule has 0 unspecified atom stereocenters. The van der Waals surface area contributed by atoms with Gasteiger partial charge in [-0.25, -0.2) is 4.79 Å². The highest BCUT2D eigenvalue weighted by Crippen LogP contribution is 2.29. The summed E-state index contributed by atoms with van der Waals surface area (Å²) in [6.07, 6.45) is -1.07. The first-order valence-electron chi connectivity index (χ1n) is 7.73. The first-order valence-corrected chi connectivity index (χ1v) is 7.73. The maximum absolute atomic E-state index is 12.3. The lowest BCUT2D eigenvalue weighted by molar-refractivity contribution is -0.384. The smallest absolute Gasteiger partial charge is 0.339 e. The Labute approximate surface area is 149 Å². The van der Waals surface area contributed by atoms with E-state index in [4.69, 9.17) is 9.47 Å². The van der Waals surface area contributed by atoms with Gasteiger partial charge in [0.2, 0.25) is 0 Å². The Hall–Kier alpha value is -3.42. The van der Waals surface area contributed by atoms with Crippen molar-refractivity contribution in [2.75, 3.05) is 12.4 Å². The number of aryl methyl sites for hydroxylation is 1. The molecule has 8 nitrogen and oxygen atoms in total. The predicted molar refractivity (Wildman–Crippen MR) is 94.3 cm³/mol. The number of amides is 1. The lowest BCUT2D eigenvalue weighted by Gasteiger charge is -2.15. The molecular weight excluding hydrogens is 340 g/mol. The Morgan fingerprint density at radius 2 is 1.88 bits per heavy atom.